The van der Waals surface area contributed by atoms with Crippen LogP contribution >= 0.6 is 15.9 Å². The lowest BCUT2D eigenvalue weighted by Crippen LogP contribution is -2.53. The first-order chi connectivity index (χ1) is 16.9. The van der Waals surface area contributed by atoms with Crippen LogP contribution < -0.4 is 10.1 Å². The van der Waals surface area contributed by atoms with Gasteiger partial charge in [-0.1, -0.05) is 41.9 Å². The van der Waals surface area contributed by atoms with Crippen molar-refractivity contribution in [1.29, 1.82) is 0 Å². The number of aliphatic imine (C=N–C) groups is 1. The number of methoxy groups -OCH3 is 1. The lowest BCUT2D eigenvalue weighted by atomic mass is 9.97. The number of nitrogens with one attached hydrogen (secondary N) is 1. The number of nitrogens with zero attached hydrogens (tertiary/aromatic N) is 4. The number of aromatic nitrogens is 2. The van der Waals surface area contributed by atoms with Gasteiger partial charge in [0.25, 0.3) is 0 Å². The predicted molar refractivity (Wildman–Crippen MR) is 135 cm³/mol. The lowest BCUT2D eigenvalue weighted by molar-refractivity contribution is -0.134. The van der Waals surface area contributed by atoms with E-state index in [0.717, 1.165) is 21.3 Å². The van der Waals surface area contributed by atoms with Crippen LogP contribution in [-0.4, -0.2) is 64.4 Å². The molecule has 1 aromatic heterocycles. The molecule has 10 heteroatoms. The van der Waals surface area contributed by atoms with E-state index in [4.69, 9.17) is 14.5 Å². The maximum absolute atomic E-state index is 13.7. The van der Waals surface area contributed by atoms with Crippen molar-refractivity contribution in [2.24, 2.45) is 10.9 Å². The van der Waals surface area contributed by atoms with E-state index in [-0.39, 0.29) is 24.0 Å². The van der Waals surface area contributed by atoms with Gasteiger partial charge in [-0.15, -0.1) is 0 Å². The zero-order chi connectivity index (χ0) is 24.9. The van der Waals surface area contributed by atoms with Gasteiger partial charge in [0.2, 0.25) is 11.8 Å². The predicted octanol–water partition coefficient (Wildman–Crippen LogP) is 3.85. The minimum absolute atomic E-state index is 0.135. The van der Waals surface area contributed by atoms with Crippen molar-refractivity contribution in [1.82, 2.24) is 20.2 Å². The number of hydrogen-bond acceptors (Lipinski definition) is 7. The molecule has 1 aromatic carbocycles. The Morgan fingerprint density at radius 1 is 1.20 bits per heavy atom. The number of carbonyl (C=O) groups excluding carboxylic acids is 2. The number of halogens is 1. The zero-order valence-electron chi connectivity index (χ0n) is 19.8. The molecule has 1 N–H and O–H groups in total. The first-order valence-corrected chi connectivity index (χ1v) is 12.2. The van der Waals surface area contributed by atoms with Crippen molar-refractivity contribution < 1.29 is 19.1 Å². The molecule has 4 rings (SSSR count). The van der Waals surface area contributed by atoms with E-state index in [1.54, 1.807) is 23.5 Å². The summed E-state index contributed by atoms with van der Waals surface area (Å²) in [5.74, 6) is 0.0743. The highest BCUT2D eigenvalue weighted by Crippen LogP contribution is 2.32. The Hall–Kier alpha value is -3.27. The molecule has 2 aliphatic rings. The molecule has 184 valence electrons. The Morgan fingerprint density at radius 3 is 2.63 bits per heavy atom. The number of carbonyl (C=O) groups is 2. The number of alkyl carbamates (subject to hydrolysis) is 1. The molecule has 0 radical (unpaired) electrons. The lowest BCUT2D eigenvalue weighted by Gasteiger charge is -2.30. The van der Waals surface area contributed by atoms with Gasteiger partial charge in [-0.05, 0) is 29.2 Å². The number of allylic oxidation sites excluding steroid dienone is 1. The van der Waals surface area contributed by atoms with Crippen LogP contribution in [0.2, 0.25) is 0 Å². The molecule has 2 aliphatic heterocycles. The maximum atomic E-state index is 13.7. The first-order valence-electron chi connectivity index (χ1n) is 11.4. The standard InChI is InChI=1S/C25H28BrN5O4/c1-15(2)23(30-25(33)34-3)24(32)31-14-19(35-22-13-27-8-9-28-22)11-21(31)20-10-17(12-29-20)16-4-6-18(26)7-5-16/h4-9,12-13,15,19,21,23H,10-11,14H2,1-3H3,(H,30,33)/t19-,21-,23-/m0/s1. The van der Waals surface area contributed by atoms with Gasteiger partial charge < -0.3 is 19.7 Å². The summed E-state index contributed by atoms with van der Waals surface area (Å²) in [5, 5.41) is 2.69. The van der Waals surface area contributed by atoms with E-state index in [1.165, 1.54) is 7.11 Å². The molecule has 3 atom stereocenters. The van der Waals surface area contributed by atoms with Gasteiger partial charge in [-0.25, -0.2) is 9.78 Å². The second-order valence-corrected chi connectivity index (χ2v) is 9.76. The third-order valence-electron chi connectivity index (χ3n) is 6.12. The molecule has 35 heavy (non-hydrogen) atoms. The Kier molecular flexibility index (Phi) is 7.80. The van der Waals surface area contributed by atoms with Crippen LogP contribution in [0.25, 0.3) is 5.57 Å². The van der Waals surface area contributed by atoms with Crippen LogP contribution in [0.1, 0.15) is 32.3 Å². The molecule has 9 nitrogen and oxygen atoms in total. The van der Waals surface area contributed by atoms with E-state index < -0.39 is 12.1 Å². The zero-order valence-corrected chi connectivity index (χ0v) is 21.4. The van der Waals surface area contributed by atoms with Gasteiger partial charge in [0.1, 0.15) is 12.1 Å². The van der Waals surface area contributed by atoms with Crippen molar-refractivity contribution in [3.8, 4) is 5.88 Å². The molecule has 2 amide bonds. The van der Waals surface area contributed by atoms with Crippen LogP contribution in [0.4, 0.5) is 4.79 Å². The van der Waals surface area contributed by atoms with Crippen molar-refractivity contribution in [2.45, 2.75) is 44.9 Å². The highest BCUT2D eigenvalue weighted by molar-refractivity contribution is 9.10. The number of rotatable bonds is 7. The van der Waals surface area contributed by atoms with Crippen LogP contribution in [-0.2, 0) is 9.53 Å². The topological polar surface area (TPSA) is 106 Å². The Bertz CT molecular complexity index is 1120. The summed E-state index contributed by atoms with van der Waals surface area (Å²) in [5.41, 5.74) is 3.07. The second-order valence-electron chi connectivity index (χ2n) is 8.84. The fraction of sp³-hybridized carbons (Fsp3) is 0.400. The number of amides is 2. The average Bonchev–Trinajstić information content (AvgIpc) is 3.50. The fourth-order valence-electron chi connectivity index (χ4n) is 4.33. The average molecular weight is 542 g/mol. The smallest absolute Gasteiger partial charge is 0.407 e. The SMILES string of the molecule is COC(=O)N[C@H](C(=O)N1C[C@@H](Oc2cnccn2)C[C@H]1C1=NC=C(c2ccc(Br)cc2)C1)C(C)C. The van der Waals surface area contributed by atoms with Gasteiger partial charge in [0.05, 0.1) is 25.9 Å². The van der Waals surface area contributed by atoms with Crippen molar-refractivity contribution >= 4 is 39.2 Å². The molecule has 0 bridgehead atoms. The van der Waals surface area contributed by atoms with E-state index in [0.29, 0.717) is 25.3 Å². The third-order valence-corrected chi connectivity index (χ3v) is 6.65. The van der Waals surface area contributed by atoms with Crippen LogP contribution in [0.15, 0.2) is 58.5 Å². The second kappa shape index (κ2) is 11.0. The molecule has 0 spiro atoms. The summed E-state index contributed by atoms with van der Waals surface area (Å²) in [6.07, 6.45) is 6.82. The number of likely N-dealkylation sites (tertiary alicyclic amines) is 1. The molecule has 0 saturated carbocycles. The molecule has 3 heterocycles. The van der Waals surface area contributed by atoms with Gasteiger partial charge in [0.15, 0.2) is 0 Å². The quantitative estimate of drug-likeness (QED) is 0.570. The Balaban J connectivity index is 1.55. The molecule has 2 aromatic rings. The minimum Gasteiger partial charge on any atom is -0.471 e. The number of ether oxygens (including phenoxy) is 2. The normalized spacial score (nSPS) is 20.3. The summed E-state index contributed by atoms with van der Waals surface area (Å²) < 4.78 is 11.8. The summed E-state index contributed by atoms with van der Waals surface area (Å²) in [6, 6.07) is 7.07. The highest BCUT2D eigenvalue weighted by atomic mass is 79.9. The van der Waals surface area contributed by atoms with Crippen LogP contribution in [0.5, 0.6) is 5.88 Å². The van der Waals surface area contributed by atoms with Crippen molar-refractivity contribution in [3.05, 3.63) is 59.1 Å². The molecule has 1 fully saturated rings. The van der Waals surface area contributed by atoms with Crippen molar-refractivity contribution in [3.63, 3.8) is 0 Å². The van der Waals surface area contributed by atoms with E-state index in [2.05, 4.69) is 31.2 Å². The monoisotopic (exact) mass is 541 g/mol. The van der Waals surface area contributed by atoms with Gasteiger partial charge >= 0.3 is 6.09 Å². The van der Waals surface area contributed by atoms with Crippen LogP contribution in [0, 0.1) is 5.92 Å². The molecular weight excluding hydrogens is 514 g/mol. The largest absolute Gasteiger partial charge is 0.471 e. The van der Waals surface area contributed by atoms with E-state index in [1.807, 2.05) is 44.3 Å². The number of benzene rings is 1. The highest BCUT2D eigenvalue weighted by Gasteiger charge is 2.43. The molecular formula is C25H28BrN5O4. The van der Waals surface area contributed by atoms with Gasteiger partial charge in [0, 0.05) is 41.6 Å². The minimum atomic E-state index is -0.735. The van der Waals surface area contributed by atoms with Gasteiger partial charge in [-0.2, -0.15) is 0 Å². The Labute approximate surface area is 212 Å². The number of hydrogen-bond donors (Lipinski definition) is 1. The summed E-state index contributed by atoms with van der Waals surface area (Å²) >= 11 is 3.47. The summed E-state index contributed by atoms with van der Waals surface area (Å²) in [4.78, 5) is 40.3. The Morgan fingerprint density at radius 2 is 1.97 bits per heavy atom. The molecule has 1 saturated heterocycles. The third kappa shape index (κ3) is 5.87. The first kappa shape index (κ1) is 24.8. The fourth-order valence-corrected chi connectivity index (χ4v) is 4.59. The maximum Gasteiger partial charge on any atom is 0.407 e. The van der Waals surface area contributed by atoms with E-state index >= 15 is 0 Å². The van der Waals surface area contributed by atoms with Gasteiger partial charge in [-0.3, -0.25) is 14.8 Å². The van der Waals surface area contributed by atoms with Crippen LogP contribution in [0.3, 0.4) is 0 Å². The molecule has 0 unspecified atom stereocenters. The molecule has 0 aliphatic carbocycles. The summed E-state index contributed by atoms with van der Waals surface area (Å²) in [7, 11) is 1.28. The van der Waals surface area contributed by atoms with E-state index in [9.17, 15) is 9.59 Å². The summed E-state index contributed by atoms with van der Waals surface area (Å²) in [6.45, 7) is 4.12. The van der Waals surface area contributed by atoms with Crippen molar-refractivity contribution in [2.75, 3.05) is 13.7 Å².